The van der Waals surface area contributed by atoms with Gasteiger partial charge in [0.1, 0.15) is 5.75 Å². The zero-order valence-electron chi connectivity index (χ0n) is 15.3. The lowest BCUT2D eigenvalue weighted by Crippen LogP contribution is -2.53. The maximum absolute atomic E-state index is 12.7. The second-order valence-corrected chi connectivity index (χ2v) is 5.94. The van der Waals surface area contributed by atoms with Gasteiger partial charge in [-0.15, -0.1) is 0 Å². The number of likely N-dealkylation sites (N-methyl/N-ethyl adjacent to an activating group) is 1. The molecule has 0 saturated carbocycles. The summed E-state index contributed by atoms with van der Waals surface area (Å²) in [4.78, 5) is 25.0. The number of ether oxygens (including phenoxy) is 2. The summed E-state index contributed by atoms with van der Waals surface area (Å²) in [5, 5.41) is 15.9. The molecular formula is C18H28N2O6. The van der Waals surface area contributed by atoms with Crippen LogP contribution in [0.1, 0.15) is 5.56 Å². The summed E-state index contributed by atoms with van der Waals surface area (Å²) < 4.78 is 10.7. The van der Waals surface area contributed by atoms with Crippen LogP contribution in [0.4, 0.5) is 0 Å². The molecule has 0 aliphatic carbocycles. The molecule has 2 N–H and O–H groups in total. The van der Waals surface area contributed by atoms with Gasteiger partial charge in [-0.25, -0.2) is 0 Å². The highest BCUT2D eigenvalue weighted by atomic mass is 16.5. The van der Waals surface area contributed by atoms with Gasteiger partial charge in [0.2, 0.25) is 5.91 Å². The highest BCUT2D eigenvalue weighted by Crippen LogP contribution is 2.16. The first-order valence-corrected chi connectivity index (χ1v) is 8.43. The van der Waals surface area contributed by atoms with Crippen LogP contribution in [0.5, 0.6) is 5.75 Å². The van der Waals surface area contributed by atoms with Crippen molar-refractivity contribution in [1.82, 2.24) is 9.80 Å². The number of hydrogen-bond acceptors (Lipinski definition) is 6. The van der Waals surface area contributed by atoms with Crippen molar-refractivity contribution in [2.24, 2.45) is 0 Å². The third kappa shape index (κ3) is 7.38. The Kier molecular flexibility index (Phi) is 10.3. The number of nitrogens with zero attached hydrogens (tertiary/aromatic N) is 2. The lowest BCUT2D eigenvalue weighted by Gasteiger charge is -2.37. The van der Waals surface area contributed by atoms with E-state index in [-0.39, 0.29) is 25.0 Å². The van der Waals surface area contributed by atoms with Crippen molar-refractivity contribution in [3.8, 4) is 5.75 Å². The molecule has 1 aliphatic rings. The topological polar surface area (TPSA) is 99.5 Å². The van der Waals surface area contributed by atoms with E-state index < -0.39 is 0 Å². The number of methoxy groups -OCH3 is 1. The minimum absolute atomic E-state index is 0.0263. The molecule has 1 atom stereocenters. The minimum atomic E-state index is -0.250. The van der Waals surface area contributed by atoms with E-state index in [1.54, 1.807) is 7.11 Å². The monoisotopic (exact) mass is 368 g/mol. The molecule has 146 valence electrons. The van der Waals surface area contributed by atoms with Gasteiger partial charge in [0.05, 0.1) is 39.4 Å². The molecule has 0 aromatic heterocycles. The van der Waals surface area contributed by atoms with Crippen LogP contribution in [0.25, 0.3) is 0 Å². The number of aliphatic hydroxyl groups excluding tert-OH is 1. The van der Waals surface area contributed by atoms with Crippen molar-refractivity contribution in [2.75, 3.05) is 53.6 Å². The number of carboxylic acid groups (broad SMARTS) is 1. The van der Waals surface area contributed by atoms with E-state index in [4.69, 9.17) is 24.5 Å². The highest BCUT2D eigenvalue weighted by Gasteiger charge is 2.28. The van der Waals surface area contributed by atoms with Crippen LogP contribution in [0.3, 0.4) is 0 Å². The number of hydrogen-bond donors (Lipinski definition) is 2. The first-order valence-electron chi connectivity index (χ1n) is 8.43. The van der Waals surface area contributed by atoms with Gasteiger partial charge in [0.15, 0.2) is 0 Å². The Balaban J connectivity index is 0.00000105. The van der Waals surface area contributed by atoms with Crippen molar-refractivity contribution < 1.29 is 29.3 Å². The molecule has 1 aromatic rings. The van der Waals surface area contributed by atoms with Crippen LogP contribution in [-0.4, -0.2) is 92.0 Å². The maximum atomic E-state index is 12.7. The number of carbonyl (C=O) groups excluding carboxylic acids is 1. The second-order valence-electron chi connectivity index (χ2n) is 5.94. The first-order chi connectivity index (χ1) is 12.5. The SMILES string of the molecule is COc1cccc(CC(=O)N2CCOCC2CN(C)CCO)c1.O=CO. The molecule has 1 heterocycles. The molecule has 8 nitrogen and oxygen atoms in total. The van der Waals surface area contributed by atoms with E-state index in [2.05, 4.69) is 0 Å². The average Bonchev–Trinajstić information content (AvgIpc) is 2.63. The smallest absolute Gasteiger partial charge is 0.290 e. The van der Waals surface area contributed by atoms with Crippen molar-refractivity contribution in [2.45, 2.75) is 12.5 Å². The molecule has 1 saturated heterocycles. The van der Waals surface area contributed by atoms with Gasteiger partial charge in [0, 0.05) is 19.6 Å². The molecule has 0 bridgehead atoms. The summed E-state index contributed by atoms with van der Waals surface area (Å²) in [7, 11) is 3.56. The molecule has 8 heteroatoms. The lowest BCUT2D eigenvalue weighted by atomic mass is 10.1. The largest absolute Gasteiger partial charge is 0.497 e. The van der Waals surface area contributed by atoms with Gasteiger partial charge < -0.3 is 29.5 Å². The number of benzene rings is 1. The van der Waals surface area contributed by atoms with Crippen LogP contribution in [0, 0.1) is 0 Å². The van der Waals surface area contributed by atoms with E-state index in [1.165, 1.54) is 0 Å². The average molecular weight is 368 g/mol. The van der Waals surface area contributed by atoms with Gasteiger partial charge in [-0.3, -0.25) is 9.59 Å². The fourth-order valence-electron chi connectivity index (χ4n) is 2.81. The number of amides is 1. The molecule has 1 fully saturated rings. The third-order valence-electron chi connectivity index (χ3n) is 4.04. The van der Waals surface area contributed by atoms with Gasteiger partial charge in [0.25, 0.3) is 6.47 Å². The fourth-order valence-corrected chi connectivity index (χ4v) is 2.81. The van der Waals surface area contributed by atoms with Crippen molar-refractivity contribution >= 4 is 12.4 Å². The molecule has 26 heavy (non-hydrogen) atoms. The molecule has 1 amide bonds. The molecule has 1 aromatic carbocycles. The zero-order valence-corrected chi connectivity index (χ0v) is 15.3. The summed E-state index contributed by atoms with van der Waals surface area (Å²) in [5.74, 6) is 0.862. The fraction of sp³-hybridized carbons (Fsp3) is 0.556. The molecule has 1 unspecified atom stereocenters. The predicted molar refractivity (Wildman–Crippen MR) is 96.3 cm³/mol. The standard InChI is InChI=1S/C17H26N2O4.CH2O2/c1-18(6-8-20)12-15-13-23-9-7-19(15)17(21)11-14-4-3-5-16(10-14)22-2;2-1-3/h3-5,10,15,20H,6-9,11-13H2,1-2H3;1H,(H,2,3). The third-order valence-corrected chi connectivity index (χ3v) is 4.04. The summed E-state index contributed by atoms with van der Waals surface area (Å²) in [6, 6.07) is 7.63. The number of rotatable bonds is 7. The summed E-state index contributed by atoms with van der Waals surface area (Å²) in [5.41, 5.74) is 0.948. The van der Waals surface area contributed by atoms with E-state index in [1.807, 2.05) is 41.1 Å². The number of carbonyl (C=O) groups is 2. The van der Waals surface area contributed by atoms with Crippen molar-refractivity contribution in [3.63, 3.8) is 0 Å². The summed E-state index contributed by atoms with van der Waals surface area (Å²) in [6.45, 7) is 2.88. The van der Waals surface area contributed by atoms with Gasteiger partial charge in [-0.05, 0) is 24.7 Å². The Morgan fingerprint density at radius 2 is 2.23 bits per heavy atom. The number of aliphatic hydroxyl groups is 1. The van der Waals surface area contributed by atoms with E-state index >= 15 is 0 Å². The second kappa shape index (κ2) is 12.2. The van der Waals surface area contributed by atoms with Crippen LogP contribution in [-0.2, 0) is 20.7 Å². The molecule has 2 rings (SSSR count). The summed E-state index contributed by atoms with van der Waals surface area (Å²) >= 11 is 0. The predicted octanol–water partition coefficient (Wildman–Crippen LogP) is 0.0900. The molecule has 0 spiro atoms. The normalized spacial score (nSPS) is 16.6. The molecule has 0 radical (unpaired) electrons. The van der Waals surface area contributed by atoms with Crippen LogP contribution < -0.4 is 4.74 Å². The van der Waals surface area contributed by atoms with Crippen molar-refractivity contribution in [1.29, 1.82) is 0 Å². The summed E-state index contributed by atoms with van der Waals surface area (Å²) in [6.07, 6.45) is 0.359. The maximum Gasteiger partial charge on any atom is 0.290 e. The Hall–Kier alpha value is -2.16. The Morgan fingerprint density at radius 3 is 2.88 bits per heavy atom. The van der Waals surface area contributed by atoms with Crippen LogP contribution in [0.15, 0.2) is 24.3 Å². The number of morpholine rings is 1. The Morgan fingerprint density at radius 1 is 1.50 bits per heavy atom. The van der Waals surface area contributed by atoms with Crippen LogP contribution in [0.2, 0.25) is 0 Å². The lowest BCUT2D eigenvalue weighted by molar-refractivity contribution is -0.139. The minimum Gasteiger partial charge on any atom is -0.497 e. The van der Waals surface area contributed by atoms with Crippen LogP contribution >= 0.6 is 0 Å². The quantitative estimate of drug-likeness (QED) is 0.658. The van der Waals surface area contributed by atoms with Gasteiger partial charge in [-0.2, -0.15) is 0 Å². The van der Waals surface area contributed by atoms with E-state index in [9.17, 15) is 4.79 Å². The van der Waals surface area contributed by atoms with Gasteiger partial charge >= 0.3 is 0 Å². The van der Waals surface area contributed by atoms with Crippen molar-refractivity contribution in [3.05, 3.63) is 29.8 Å². The zero-order chi connectivity index (χ0) is 19.4. The Bertz CT molecular complexity index is 554. The highest BCUT2D eigenvalue weighted by molar-refractivity contribution is 5.79. The van der Waals surface area contributed by atoms with E-state index in [0.717, 1.165) is 11.3 Å². The Labute approximate surface area is 153 Å². The van der Waals surface area contributed by atoms with Gasteiger partial charge in [-0.1, -0.05) is 12.1 Å². The van der Waals surface area contributed by atoms with E-state index in [0.29, 0.717) is 39.3 Å². The molecule has 1 aliphatic heterocycles. The molecular weight excluding hydrogens is 340 g/mol. The first kappa shape index (κ1) is 21.9.